The van der Waals surface area contributed by atoms with Crippen LogP contribution >= 0.6 is 23.2 Å². The fourth-order valence-corrected chi connectivity index (χ4v) is 5.39. The number of pyridine rings is 1. The van der Waals surface area contributed by atoms with E-state index in [1.807, 2.05) is 0 Å². The van der Waals surface area contributed by atoms with Crippen LogP contribution < -0.4 is 15.1 Å². The van der Waals surface area contributed by atoms with Crippen LogP contribution in [-0.4, -0.2) is 40.7 Å². The molecule has 0 bridgehead atoms. The Morgan fingerprint density at radius 3 is 2.48 bits per heavy atom. The molecule has 2 heterocycles. The maximum absolute atomic E-state index is 14.5. The van der Waals surface area contributed by atoms with Crippen LogP contribution in [0.4, 0.5) is 24.7 Å². The SMILES string of the molecule is O=C(NC1CC(F)(F)C1)[C@H](c1ccccc1Cl)N(C(=O)[C@@H]1CCC(=O)N1c1ccc(Cl)cn1)c1cccc(F)c1. The number of carbonyl (C=O) groups excluding carboxylic acids is 3. The molecule has 208 valence electrons. The zero-order valence-electron chi connectivity index (χ0n) is 20.9. The van der Waals surface area contributed by atoms with E-state index in [1.165, 1.54) is 53.6 Å². The molecule has 3 aromatic rings. The van der Waals surface area contributed by atoms with Gasteiger partial charge in [-0.2, -0.15) is 0 Å². The van der Waals surface area contributed by atoms with Gasteiger partial charge in [-0.1, -0.05) is 47.5 Å². The number of aromatic nitrogens is 1. The number of alkyl halides is 2. The van der Waals surface area contributed by atoms with Gasteiger partial charge < -0.3 is 5.32 Å². The summed E-state index contributed by atoms with van der Waals surface area (Å²) in [7, 11) is 0. The van der Waals surface area contributed by atoms with Crippen molar-refractivity contribution in [3.05, 3.63) is 88.3 Å². The standard InChI is InChI=1S/C28H23Cl2F3N4O3/c29-16-8-10-23(34-15-16)37-22(9-11-24(37)38)27(40)36(19-5-3-4-17(31)12-19)25(20-6-1-2-7-21(20)30)26(39)35-18-13-28(32,33)14-18/h1-8,10,12,15,18,22,25H,9,11,13-14H2,(H,35,39)/t22-,25-/m0/s1. The Morgan fingerprint density at radius 2 is 1.82 bits per heavy atom. The van der Waals surface area contributed by atoms with Gasteiger partial charge in [-0.15, -0.1) is 0 Å². The molecule has 2 aliphatic rings. The van der Waals surface area contributed by atoms with Gasteiger partial charge in [-0.05, 0) is 42.8 Å². The Hall–Kier alpha value is -3.63. The second-order valence-corrected chi connectivity index (χ2v) is 10.6. The molecule has 1 N–H and O–H groups in total. The maximum Gasteiger partial charge on any atom is 0.252 e. The Balaban J connectivity index is 1.60. The lowest BCUT2D eigenvalue weighted by Crippen LogP contribution is -2.56. The highest BCUT2D eigenvalue weighted by atomic mass is 35.5. The molecule has 0 radical (unpaired) electrons. The smallest absolute Gasteiger partial charge is 0.252 e. The van der Waals surface area contributed by atoms with Crippen LogP contribution in [0.25, 0.3) is 0 Å². The molecule has 3 amide bonds. The van der Waals surface area contributed by atoms with E-state index < -0.39 is 54.5 Å². The third kappa shape index (κ3) is 5.64. The Kier molecular flexibility index (Phi) is 7.74. The second kappa shape index (κ2) is 11.1. The predicted octanol–water partition coefficient (Wildman–Crippen LogP) is 5.71. The van der Waals surface area contributed by atoms with Gasteiger partial charge in [0, 0.05) is 47.8 Å². The highest BCUT2D eigenvalue weighted by Gasteiger charge is 2.48. The first-order valence-corrected chi connectivity index (χ1v) is 13.2. The third-order valence-corrected chi connectivity index (χ3v) is 7.49. The van der Waals surface area contributed by atoms with Gasteiger partial charge >= 0.3 is 0 Å². The quantitative estimate of drug-likeness (QED) is 0.382. The van der Waals surface area contributed by atoms with Crippen molar-refractivity contribution in [2.45, 2.75) is 49.7 Å². The van der Waals surface area contributed by atoms with E-state index in [2.05, 4.69) is 10.3 Å². The average Bonchev–Trinajstić information content (AvgIpc) is 3.28. The number of hydrogen-bond acceptors (Lipinski definition) is 4. The van der Waals surface area contributed by atoms with Crippen LogP contribution in [0, 0.1) is 5.82 Å². The van der Waals surface area contributed by atoms with E-state index >= 15 is 0 Å². The van der Waals surface area contributed by atoms with Crippen molar-refractivity contribution in [3.8, 4) is 0 Å². The molecule has 7 nitrogen and oxygen atoms in total. The zero-order chi connectivity index (χ0) is 28.6. The number of nitrogens with one attached hydrogen (secondary N) is 1. The van der Waals surface area contributed by atoms with Crippen LogP contribution in [-0.2, 0) is 14.4 Å². The summed E-state index contributed by atoms with van der Waals surface area (Å²) in [5, 5.41) is 3.06. The van der Waals surface area contributed by atoms with Crippen molar-refractivity contribution in [1.29, 1.82) is 0 Å². The molecule has 2 atom stereocenters. The molecular formula is C28H23Cl2F3N4O3. The maximum atomic E-state index is 14.5. The van der Waals surface area contributed by atoms with Gasteiger partial charge in [0.25, 0.3) is 11.8 Å². The Bertz CT molecular complexity index is 1450. The lowest BCUT2D eigenvalue weighted by atomic mass is 9.87. The van der Waals surface area contributed by atoms with E-state index in [0.717, 1.165) is 11.0 Å². The number of amides is 3. The summed E-state index contributed by atoms with van der Waals surface area (Å²) < 4.78 is 41.6. The first kappa shape index (κ1) is 27.9. The summed E-state index contributed by atoms with van der Waals surface area (Å²) in [5.41, 5.74) is 0.221. The van der Waals surface area contributed by atoms with Crippen LogP contribution in [0.15, 0.2) is 66.9 Å². The third-order valence-electron chi connectivity index (χ3n) is 6.92. The Labute approximate surface area is 237 Å². The van der Waals surface area contributed by atoms with E-state index in [1.54, 1.807) is 12.1 Å². The normalized spacial score (nSPS) is 19.2. The lowest BCUT2D eigenvalue weighted by molar-refractivity contribution is -0.133. The van der Waals surface area contributed by atoms with Gasteiger partial charge in [-0.25, -0.2) is 18.2 Å². The van der Waals surface area contributed by atoms with Crippen molar-refractivity contribution in [2.75, 3.05) is 9.80 Å². The lowest BCUT2D eigenvalue weighted by Gasteiger charge is -2.39. The van der Waals surface area contributed by atoms with Crippen LogP contribution in [0.5, 0.6) is 0 Å². The molecule has 1 aromatic heterocycles. The summed E-state index contributed by atoms with van der Waals surface area (Å²) in [6, 6.07) is 11.0. The number of carbonyl (C=O) groups is 3. The van der Waals surface area contributed by atoms with E-state index in [-0.39, 0.29) is 40.8 Å². The van der Waals surface area contributed by atoms with Gasteiger partial charge in [0.05, 0.1) is 5.02 Å². The largest absolute Gasteiger partial charge is 0.351 e. The molecule has 1 saturated carbocycles. The molecule has 0 spiro atoms. The first-order valence-electron chi connectivity index (χ1n) is 12.5. The zero-order valence-corrected chi connectivity index (χ0v) is 22.4. The van der Waals surface area contributed by atoms with Gasteiger partial charge in [0.1, 0.15) is 23.7 Å². The van der Waals surface area contributed by atoms with Crippen molar-refractivity contribution >= 4 is 52.4 Å². The molecule has 12 heteroatoms. The molecule has 40 heavy (non-hydrogen) atoms. The van der Waals surface area contributed by atoms with E-state index in [9.17, 15) is 27.6 Å². The number of rotatable bonds is 7. The van der Waals surface area contributed by atoms with Crippen molar-refractivity contribution in [1.82, 2.24) is 10.3 Å². The molecule has 1 aliphatic heterocycles. The highest BCUT2D eigenvalue weighted by molar-refractivity contribution is 6.32. The highest BCUT2D eigenvalue weighted by Crippen LogP contribution is 2.39. The average molecular weight is 591 g/mol. The summed E-state index contributed by atoms with van der Waals surface area (Å²) in [6.07, 6.45) is 0.365. The fraction of sp³-hybridized carbons (Fsp3) is 0.286. The summed E-state index contributed by atoms with van der Waals surface area (Å²) in [4.78, 5) is 47.5. The number of halogens is 5. The first-order chi connectivity index (χ1) is 19.0. The molecule has 2 aromatic carbocycles. The summed E-state index contributed by atoms with van der Waals surface area (Å²) in [6.45, 7) is 0. The van der Waals surface area contributed by atoms with Crippen molar-refractivity contribution in [3.63, 3.8) is 0 Å². The minimum absolute atomic E-state index is 0.0207. The predicted molar refractivity (Wildman–Crippen MR) is 144 cm³/mol. The van der Waals surface area contributed by atoms with Gasteiger partial charge in [-0.3, -0.25) is 24.2 Å². The molecule has 5 rings (SSSR count). The Morgan fingerprint density at radius 1 is 1.07 bits per heavy atom. The van der Waals surface area contributed by atoms with E-state index in [0.29, 0.717) is 5.02 Å². The van der Waals surface area contributed by atoms with Crippen LogP contribution in [0.2, 0.25) is 10.0 Å². The topological polar surface area (TPSA) is 82.6 Å². The molecule has 1 saturated heterocycles. The van der Waals surface area contributed by atoms with Gasteiger partial charge in [0.2, 0.25) is 11.8 Å². The number of anilines is 2. The number of hydrogen-bond donors (Lipinski definition) is 1. The van der Waals surface area contributed by atoms with Gasteiger partial charge in [0.15, 0.2) is 0 Å². The van der Waals surface area contributed by atoms with E-state index in [4.69, 9.17) is 23.2 Å². The van der Waals surface area contributed by atoms with Crippen LogP contribution in [0.3, 0.4) is 0 Å². The molecular weight excluding hydrogens is 568 g/mol. The minimum Gasteiger partial charge on any atom is -0.351 e. The molecule has 0 unspecified atom stereocenters. The summed E-state index contributed by atoms with van der Waals surface area (Å²) in [5.74, 6) is -5.24. The molecule has 1 aliphatic carbocycles. The molecule has 2 fully saturated rings. The summed E-state index contributed by atoms with van der Waals surface area (Å²) >= 11 is 12.4. The van der Waals surface area contributed by atoms with Crippen LogP contribution in [0.1, 0.15) is 37.3 Å². The van der Waals surface area contributed by atoms with Crippen molar-refractivity contribution in [2.24, 2.45) is 0 Å². The number of benzene rings is 2. The minimum atomic E-state index is -2.90. The fourth-order valence-electron chi connectivity index (χ4n) is 5.04. The number of nitrogens with zero attached hydrogens (tertiary/aromatic N) is 3. The van der Waals surface area contributed by atoms with Crippen molar-refractivity contribution < 1.29 is 27.6 Å². The second-order valence-electron chi connectivity index (χ2n) is 9.73. The monoisotopic (exact) mass is 590 g/mol.